The minimum atomic E-state index is -0.295. The predicted octanol–water partition coefficient (Wildman–Crippen LogP) is 1.90. The summed E-state index contributed by atoms with van der Waals surface area (Å²) in [5, 5.41) is 0. The summed E-state index contributed by atoms with van der Waals surface area (Å²) in [6.07, 6.45) is 3.13. The topological polar surface area (TPSA) is 0 Å². The van der Waals surface area contributed by atoms with E-state index in [0.29, 0.717) is 0 Å². The third-order valence-electron chi connectivity index (χ3n) is 1.24. The molecule has 0 unspecified atom stereocenters. The molecule has 1 heteroatoms. The molecule has 1 rings (SSSR count). The van der Waals surface area contributed by atoms with Gasteiger partial charge in [-0.25, -0.2) is 0 Å². The van der Waals surface area contributed by atoms with Crippen LogP contribution in [0.5, 0.6) is 0 Å². The standard InChI is InChI=1S/C5H11Te/c1-6-4-2-3-5-6/h2-5H2,1H3/q+1. The second kappa shape index (κ2) is 2.19. The molecule has 0 N–H and O–H groups in total. The van der Waals surface area contributed by atoms with Crippen molar-refractivity contribution in [2.45, 2.75) is 26.8 Å². The molecule has 1 aliphatic heterocycles. The Morgan fingerprint density at radius 3 is 1.83 bits per heavy atom. The van der Waals surface area contributed by atoms with Crippen LogP contribution in [0.4, 0.5) is 0 Å². The first-order valence-corrected chi connectivity index (χ1v) is 8.11. The molecule has 0 radical (unpaired) electrons. The Balaban J connectivity index is 2.18. The predicted molar refractivity (Wildman–Crippen MR) is 30.5 cm³/mol. The molecule has 0 nitrogen and oxygen atoms in total. The van der Waals surface area contributed by atoms with Crippen LogP contribution in [-0.2, 0) is 0 Å². The normalized spacial score (nSPS) is 25.5. The van der Waals surface area contributed by atoms with Crippen LogP contribution in [0.2, 0.25) is 13.9 Å². The molecule has 0 amide bonds. The molecule has 0 aromatic heterocycles. The number of hydrogen-bond donors (Lipinski definition) is 0. The average molecular weight is 199 g/mol. The van der Waals surface area contributed by atoms with Crippen LogP contribution in [0.1, 0.15) is 12.8 Å². The second-order valence-electron chi connectivity index (χ2n) is 1.90. The van der Waals surface area contributed by atoms with Crippen molar-refractivity contribution in [2.75, 3.05) is 0 Å². The van der Waals surface area contributed by atoms with Crippen molar-refractivity contribution in [3.8, 4) is 0 Å². The van der Waals surface area contributed by atoms with E-state index in [1.807, 2.05) is 0 Å². The molecule has 0 spiro atoms. The first-order chi connectivity index (χ1) is 2.89. The molecule has 0 aliphatic carbocycles. The molecule has 0 saturated carbocycles. The van der Waals surface area contributed by atoms with Crippen LogP contribution in [0, 0.1) is 0 Å². The maximum absolute atomic E-state index is 2.51. The van der Waals surface area contributed by atoms with Crippen molar-refractivity contribution in [1.29, 1.82) is 0 Å². The summed E-state index contributed by atoms with van der Waals surface area (Å²) >= 11 is -0.295. The van der Waals surface area contributed by atoms with Crippen LogP contribution in [-0.4, -0.2) is 19.6 Å². The molecule has 36 valence electrons. The van der Waals surface area contributed by atoms with E-state index in [1.165, 1.54) is 0 Å². The summed E-state index contributed by atoms with van der Waals surface area (Å²) in [7, 11) is 0. The fraction of sp³-hybridized carbons (Fsp3) is 1.00. The Labute approximate surface area is 46.6 Å². The quantitative estimate of drug-likeness (QED) is 0.522. The molecule has 0 bridgehead atoms. The van der Waals surface area contributed by atoms with Crippen LogP contribution < -0.4 is 0 Å². The molecule has 0 aromatic carbocycles. The van der Waals surface area contributed by atoms with Gasteiger partial charge in [-0.1, -0.05) is 0 Å². The van der Waals surface area contributed by atoms with E-state index >= 15 is 0 Å². The monoisotopic (exact) mass is 201 g/mol. The van der Waals surface area contributed by atoms with Crippen molar-refractivity contribution in [2.24, 2.45) is 0 Å². The molecule has 6 heavy (non-hydrogen) atoms. The van der Waals surface area contributed by atoms with Gasteiger partial charge in [0, 0.05) is 0 Å². The fourth-order valence-corrected chi connectivity index (χ4v) is 5.36. The Morgan fingerprint density at radius 1 is 1.17 bits per heavy atom. The van der Waals surface area contributed by atoms with E-state index < -0.39 is 0 Å². The van der Waals surface area contributed by atoms with Crippen LogP contribution in [0.15, 0.2) is 0 Å². The Bertz CT molecular complexity index is 37.2. The van der Waals surface area contributed by atoms with Crippen molar-refractivity contribution in [3.63, 3.8) is 0 Å². The average Bonchev–Trinajstić information content (AvgIpc) is 1.86. The van der Waals surface area contributed by atoms with E-state index in [0.717, 1.165) is 0 Å². The zero-order chi connectivity index (χ0) is 4.41. The van der Waals surface area contributed by atoms with Crippen molar-refractivity contribution in [1.82, 2.24) is 0 Å². The third kappa shape index (κ3) is 1.13. The Kier molecular flexibility index (Phi) is 1.80. The molecule has 1 aliphatic rings. The van der Waals surface area contributed by atoms with E-state index in [9.17, 15) is 0 Å². The zero-order valence-electron chi connectivity index (χ0n) is 4.24. The van der Waals surface area contributed by atoms with E-state index in [1.54, 1.807) is 21.8 Å². The summed E-state index contributed by atoms with van der Waals surface area (Å²) in [5.41, 5.74) is 0. The molecular weight excluding hydrogens is 188 g/mol. The number of rotatable bonds is 0. The van der Waals surface area contributed by atoms with Gasteiger partial charge in [0.2, 0.25) is 0 Å². The van der Waals surface area contributed by atoms with E-state index in [2.05, 4.69) is 4.97 Å². The Hall–Kier alpha value is 0.790. The van der Waals surface area contributed by atoms with Gasteiger partial charge in [-0.05, 0) is 0 Å². The molecule has 1 fully saturated rings. The third-order valence-corrected chi connectivity index (χ3v) is 6.86. The van der Waals surface area contributed by atoms with E-state index in [-0.39, 0.29) is 19.6 Å². The molecule has 1 heterocycles. The summed E-state index contributed by atoms with van der Waals surface area (Å²) < 4.78 is 3.31. The van der Waals surface area contributed by atoms with Gasteiger partial charge in [-0.2, -0.15) is 0 Å². The molecule has 0 atom stereocenters. The van der Waals surface area contributed by atoms with Gasteiger partial charge in [-0.3, -0.25) is 0 Å². The summed E-state index contributed by atoms with van der Waals surface area (Å²) in [6, 6.07) is 0. The van der Waals surface area contributed by atoms with Gasteiger partial charge in [0.1, 0.15) is 0 Å². The molecular formula is C5H11Te+. The van der Waals surface area contributed by atoms with E-state index in [4.69, 9.17) is 0 Å². The van der Waals surface area contributed by atoms with Crippen molar-refractivity contribution < 1.29 is 0 Å². The van der Waals surface area contributed by atoms with Gasteiger partial charge in [-0.15, -0.1) is 0 Å². The van der Waals surface area contributed by atoms with Gasteiger partial charge >= 0.3 is 46.3 Å². The summed E-state index contributed by atoms with van der Waals surface area (Å²) in [6.45, 7) is 0. The SMILES string of the molecule is C[Te+]1CCCC1. The number of hydrogen-bond acceptors (Lipinski definition) is 0. The molecule has 0 aromatic rings. The van der Waals surface area contributed by atoms with Crippen molar-refractivity contribution in [3.05, 3.63) is 0 Å². The second-order valence-corrected chi connectivity index (χ2v) is 8.69. The van der Waals surface area contributed by atoms with Crippen molar-refractivity contribution >= 4 is 19.6 Å². The fourth-order valence-electron chi connectivity index (χ4n) is 0.799. The van der Waals surface area contributed by atoms with Gasteiger partial charge in [0.05, 0.1) is 0 Å². The van der Waals surface area contributed by atoms with Gasteiger partial charge < -0.3 is 0 Å². The summed E-state index contributed by atoms with van der Waals surface area (Å²) in [4.78, 5) is 2.51. The van der Waals surface area contributed by atoms with Gasteiger partial charge in [0.15, 0.2) is 0 Å². The van der Waals surface area contributed by atoms with Gasteiger partial charge in [0.25, 0.3) is 0 Å². The first-order valence-electron chi connectivity index (χ1n) is 2.49. The first kappa shape index (κ1) is 4.94. The van der Waals surface area contributed by atoms with Crippen LogP contribution in [0.3, 0.4) is 0 Å². The van der Waals surface area contributed by atoms with Crippen LogP contribution >= 0.6 is 0 Å². The van der Waals surface area contributed by atoms with Crippen LogP contribution in [0.25, 0.3) is 0 Å². The Morgan fingerprint density at radius 2 is 1.67 bits per heavy atom. The maximum atomic E-state index is 2.51. The minimum absolute atomic E-state index is 0.295. The summed E-state index contributed by atoms with van der Waals surface area (Å²) in [5.74, 6) is 0. The molecule has 1 saturated heterocycles. The zero-order valence-corrected chi connectivity index (χ0v) is 6.57.